The fourth-order valence-corrected chi connectivity index (χ4v) is 3.86. The van der Waals surface area contributed by atoms with Gasteiger partial charge >= 0.3 is 0 Å². The first kappa shape index (κ1) is 22.4. The van der Waals surface area contributed by atoms with E-state index in [1.165, 1.54) is 0 Å². The number of nitrogens with zero attached hydrogens (tertiary/aromatic N) is 2. The maximum Gasteiger partial charge on any atom is 0.191 e. The Bertz CT molecular complexity index is 622. The molecule has 1 aromatic carbocycles. The van der Waals surface area contributed by atoms with Crippen LogP contribution in [0.25, 0.3) is 0 Å². The van der Waals surface area contributed by atoms with Gasteiger partial charge in [0.2, 0.25) is 0 Å². The maximum absolute atomic E-state index is 14.2. The van der Waals surface area contributed by atoms with E-state index in [9.17, 15) is 4.39 Å². The van der Waals surface area contributed by atoms with Crippen molar-refractivity contribution in [2.24, 2.45) is 4.99 Å². The molecule has 1 aliphatic heterocycles. The average molecular weight is 488 g/mol. The van der Waals surface area contributed by atoms with Crippen LogP contribution in [0.1, 0.15) is 52.0 Å². The molecule has 4 nitrogen and oxygen atoms in total. The molecule has 0 radical (unpaired) electrons. The molecule has 1 aromatic rings. The summed E-state index contributed by atoms with van der Waals surface area (Å²) < 4.78 is 14.2. The van der Waals surface area contributed by atoms with E-state index in [-0.39, 0.29) is 35.2 Å². The molecule has 1 saturated heterocycles. The number of guanidine groups is 1. The molecule has 152 valence electrons. The predicted molar refractivity (Wildman–Crippen MR) is 122 cm³/mol. The minimum absolute atomic E-state index is 0. The first-order chi connectivity index (χ1) is 12.5. The Morgan fingerprint density at radius 2 is 1.93 bits per heavy atom. The van der Waals surface area contributed by atoms with Crippen LogP contribution in [-0.2, 0) is 5.41 Å². The maximum atomic E-state index is 14.2. The number of benzene rings is 1. The molecular weight excluding hydrogens is 454 g/mol. The minimum atomic E-state index is -0.102. The molecule has 0 aromatic heterocycles. The molecule has 2 fully saturated rings. The van der Waals surface area contributed by atoms with Crippen LogP contribution in [0.2, 0.25) is 0 Å². The van der Waals surface area contributed by atoms with Crippen molar-refractivity contribution in [1.82, 2.24) is 15.5 Å². The van der Waals surface area contributed by atoms with Gasteiger partial charge in [0.25, 0.3) is 0 Å². The van der Waals surface area contributed by atoms with Crippen molar-refractivity contribution in [2.75, 3.05) is 26.2 Å². The van der Waals surface area contributed by atoms with E-state index in [2.05, 4.69) is 36.3 Å². The predicted octanol–water partition coefficient (Wildman–Crippen LogP) is 3.90. The standard InChI is InChI=1S/C21H33FN4.HI/c1-4-23-20(25-17-9-13-26(14-10-17)16(2)3)24-15-21(11-12-21)18-7-5-6-8-19(18)22;/h5-8,16-17H,4,9-15H2,1-3H3,(H2,23,24,25);1H. The third kappa shape index (κ3) is 5.79. The third-order valence-corrected chi connectivity index (χ3v) is 5.78. The van der Waals surface area contributed by atoms with Gasteiger partial charge < -0.3 is 15.5 Å². The number of likely N-dealkylation sites (tertiary alicyclic amines) is 1. The normalized spacial score (nSPS) is 20.3. The van der Waals surface area contributed by atoms with Gasteiger partial charge in [0, 0.05) is 37.1 Å². The van der Waals surface area contributed by atoms with E-state index >= 15 is 0 Å². The molecule has 1 heterocycles. The van der Waals surface area contributed by atoms with Gasteiger partial charge in [0.1, 0.15) is 5.82 Å². The van der Waals surface area contributed by atoms with E-state index in [0.717, 1.165) is 56.8 Å². The van der Waals surface area contributed by atoms with Gasteiger partial charge in [0.15, 0.2) is 5.96 Å². The Labute approximate surface area is 180 Å². The third-order valence-electron chi connectivity index (χ3n) is 5.78. The summed E-state index contributed by atoms with van der Waals surface area (Å²) in [6.07, 6.45) is 4.31. The summed E-state index contributed by atoms with van der Waals surface area (Å²) in [5.41, 5.74) is 0.721. The molecule has 1 saturated carbocycles. The lowest BCUT2D eigenvalue weighted by atomic mass is 9.95. The smallest absolute Gasteiger partial charge is 0.191 e. The Balaban J connectivity index is 0.00000261. The van der Waals surface area contributed by atoms with Crippen molar-refractivity contribution in [3.8, 4) is 0 Å². The van der Waals surface area contributed by atoms with E-state index in [4.69, 9.17) is 4.99 Å². The first-order valence-electron chi connectivity index (χ1n) is 10.1. The molecule has 0 amide bonds. The first-order valence-corrected chi connectivity index (χ1v) is 10.1. The second kappa shape index (κ2) is 10.0. The van der Waals surface area contributed by atoms with Crippen LogP contribution in [0.4, 0.5) is 4.39 Å². The van der Waals surface area contributed by atoms with Crippen LogP contribution < -0.4 is 10.6 Å². The number of halogens is 2. The number of hydrogen-bond acceptors (Lipinski definition) is 2. The molecule has 3 rings (SSSR count). The summed E-state index contributed by atoms with van der Waals surface area (Å²) in [7, 11) is 0. The van der Waals surface area contributed by atoms with Crippen molar-refractivity contribution in [3.63, 3.8) is 0 Å². The van der Waals surface area contributed by atoms with Gasteiger partial charge in [0.05, 0.1) is 6.54 Å². The van der Waals surface area contributed by atoms with Crippen LogP contribution in [0.15, 0.2) is 29.3 Å². The van der Waals surface area contributed by atoms with Crippen molar-refractivity contribution in [3.05, 3.63) is 35.6 Å². The van der Waals surface area contributed by atoms with E-state index in [1.807, 2.05) is 12.1 Å². The molecule has 0 bridgehead atoms. The molecule has 1 aliphatic carbocycles. The Morgan fingerprint density at radius 3 is 2.48 bits per heavy atom. The number of piperidine rings is 1. The number of aliphatic imine (C=N–C) groups is 1. The fourth-order valence-electron chi connectivity index (χ4n) is 3.86. The van der Waals surface area contributed by atoms with Crippen molar-refractivity contribution in [2.45, 2.75) is 64.0 Å². The van der Waals surface area contributed by atoms with Gasteiger partial charge in [-0.1, -0.05) is 18.2 Å². The minimum Gasteiger partial charge on any atom is -0.357 e. The topological polar surface area (TPSA) is 39.7 Å². The molecule has 0 spiro atoms. The highest BCUT2D eigenvalue weighted by Gasteiger charge is 2.45. The SMILES string of the molecule is CCNC(=NCC1(c2ccccc2F)CC1)NC1CCN(C(C)C)CC1.I. The van der Waals surface area contributed by atoms with Crippen molar-refractivity contribution < 1.29 is 4.39 Å². The van der Waals surface area contributed by atoms with Gasteiger partial charge in [-0.25, -0.2) is 4.39 Å². The summed E-state index contributed by atoms with van der Waals surface area (Å²) in [5.74, 6) is 0.775. The monoisotopic (exact) mass is 488 g/mol. The lowest BCUT2D eigenvalue weighted by molar-refractivity contribution is 0.167. The van der Waals surface area contributed by atoms with E-state index < -0.39 is 0 Å². The summed E-state index contributed by atoms with van der Waals surface area (Å²) in [6.45, 7) is 10.4. The van der Waals surface area contributed by atoms with Crippen LogP contribution >= 0.6 is 24.0 Å². The van der Waals surface area contributed by atoms with E-state index in [1.54, 1.807) is 12.1 Å². The molecule has 2 N–H and O–H groups in total. The Morgan fingerprint density at radius 1 is 1.26 bits per heavy atom. The van der Waals surface area contributed by atoms with Gasteiger partial charge in [-0.05, 0) is 58.1 Å². The second-order valence-corrected chi connectivity index (χ2v) is 8.00. The lowest BCUT2D eigenvalue weighted by Crippen LogP contribution is -2.50. The molecule has 27 heavy (non-hydrogen) atoms. The fraction of sp³-hybridized carbons (Fsp3) is 0.667. The van der Waals surface area contributed by atoms with Crippen molar-refractivity contribution >= 4 is 29.9 Å². The molecule has 0 unspecified atom stereocenters. The second-order valence-electron chi connectivity index (χ2n) is 8.00. The molecule has 2 aliphatic rings. The quantitative estimate of drug-likeness (QED) is 0.363. The highest BCUT2D eigenvalue weighted by atomic mass is 127. The highest BCUT2D eigenvalue weighted by Crippen LogP contribution is 2.49. The van der Waals surface area contributed by atoms with E-state index in [0.29, 0.717) is 18.6 Å². The zero-order valence-corrected chi connectivity index (χ0v) is 19.1. The molecule has 0 atom stereocenters. The lowest BCUT2D eigenvalue weighted by Gasteiger charge is -2.35. The van der Waals surface area contributed by atoms with Crippen LogP contribution in [0.5, 0.6) is 0 Å². The molecule has 6 heteroatoms. The van der Waals surface area contributed by atoms with Crippen molar-refractivity contribution in [1.29, 1.82) is 0 Å². The average Bonchev–Trinajstić information content (AvgIpc) is 3.42. The number of nitrogens with one attached hydrogen (secondary N) is 2. The zero-order chi connectivity index (χ0) is 18.6. The number of hydrogen-bond donors (Lipinski definition) is 2. The van der Waals surface area contributed by atoms with Gasteiger partial charge in [-0.2, -0.15) is 0 Å². The summed E-state index contributed by atoms with van der Waals surface area (Å²) in [5, 5.41) is 6.96. The Hall–Kier alpha value is -0.890. The van der Waals surface area contributed by atoms with Gasteiger partial charge in [-0.3, -0.25) is 4.99 Å². The largest absolute Gasteiger partial charge is 0.357 e. The van der Waals surface area contributed by atoms with Crippen LogP contribution in [0.3, 0.4) is 0 Å². The zero-order valence-electron chi connectivity index (χ0n) is 16.8. The summed E-state index contributed by atoms with van der Waals surface area (Å²) in [4.78, 5) is 7.35. The van der Waals surface area contributed by atoms with Gasteiger partial charge in [-0.15, -0.1) is 24.0 Å². The van der Waals surface area contributed by atoms with Crippen LogP contribution in [0, 0.1) is 5.82 Å². The molecular formula is C21H34FIN4. The number of rotatable bonds is 6. The summed E-state index contributed by atoms with van der Waals surface area (Å²) in [6, 6.07) is 8.24. The highest BCUT2D eigenvalue weighted by molar-refractivity contribution is 14.0. The Kier molecular flexibility index (Phi) is 8.34. The summed E-state index contributed by atoms with van der Waals surface area (Å²) >= 11 is 0. The van der Waals surface area contributed by atoms with Crippen LogP contribution in [-0.4, -0.2) is 49.1 Å².